The highest BCUT2D eigenvalue weighted by Gasteiger charge is 2.32. The second-order valence-corrected chi connectivity index (χ2v) is 7.48. The Balaban J connectivity index is 1.67. The molecule has 2 atom stereocenters. The van der Waals surface area contributed by atoms with Crippen molar-refractivity contribution in [1.82, 2.24) is 4.90 Å². The first kappa shape index (κ1) is 18.2. The van der Waals surface area contributed by atoms with Crippen LogP contribution < -0.4 is 11.1 Å². The minimum Gasteiger partial charge on any atom is -0.339 e. The summed E-state index contributed by atoms with van der Waals surface area (Å²) in [4.78, 5) is 26.9. The Morgan fingerprint density at radius 1 is 1.16 bits per heavy atom. The van der Waals surface area contributed by atoms with E-state index in [9.17, 15) is 9.59 Å². The Kier molecular flexibility index (Phi) is 5.97. The summed E-state index contributed by atoms with van der Waals surface area (Å²) in [6, 6.07) is 5.14. The third-order valence-electron chi connectivity index (χ3n) is 5.41. The third-order valence-corrected chi connectivity index (χ3v) is 5.72. The van der Waals surface area contributed by atoms with E-state index >= 15 is 0 Å². The average molecular weight is 364 g/mol. The molecule has 136 valence electrons. The molecule has 2 amide bonds. The number of rotatable bonds is 4. The number of nitrogens with one attached hydrogen (secondary N) is 1. The normalized spacial score (nSPS) is 23.5. The van der Waals surface area contributed by atoms with E-state index in [0.29, 0.717) is 22.8 Å². The Morgan fingerprint density at radius 2 is 1.92 bits per heavy atom. The van der Waals surface area contributed by atoms with E-state index in [1.807, 2.05) is 4.90 Å². The molecule has 0 unspecified atom stereocenters. The van der Waals surface area contributed by atoms with E-state index in [4.69, 9.17) is 17.3 Å². The first-order valence-corrected chi connectivity index (χ1v) is 9.57. The van der Waals surface area contributed by atoms with Gasteiger partial charge in [0.1, 0.15) is 0 Å². The van der Waals surface area contributed by atoms with E-state index in [0.717, 1.165) is 45.2 Å². The van der Waals surface area contributed by atoms with Crippen LogP contribution in [0.25, 0.3) is 0 Å². The molecule has 0 spiro atoms. The highest BCUT2D eigenvalue weighted by atomic mass is 35.5. The molecule has 25 heavy (non-hydrogen) atoms. The van der Waals surface area contributed by atoms with Gasteiger partial charge in [-0.3, -0.25) is 9.59 Å². The number of halogens is 1. The van der Waals surface area contributed by atoms with Crippen LogP contribution in [0.3, 0.4) is 0 Å². The Hall–Kier alpha value is -1.59. The number of carbonyl (C=O) groups excluding carboxylic acids is 2. The fourth-order valence-electron chi connectivity index (χ4n) is 3.93. The number of hydrogen-bond donors (Lipinski definition) is 2. The van der Waals surface area contributed by atoms with Gasteiger partial charge in [0, 0.05) is 24.7 Å². The van der Waals surface area contributed by atoms with Crippen LogP contribution in [-0.4, -0.2) is 36.3 Å². The predicted octanol–water partition coefficient (Wildman–Crippen LogP) is 3.28. The lowest BCUT2D eigenvalue weighted by Crippen LogP contribution is -2.35. The van der Waals surface area contributed by atoms with Crippen LogP contribution in [0.1, 0.15) is 48.9 Å². The minimum atomic E-state index is -0.0292. The number of anilines is 1. The van der Waals surface area contributed by atoms with E-state index in [-0.39, 0.29) is 23.7 Å². The zero-order valence-electron chi connectivity index (χ0n) is 14.5. The van der Waals surface area contributed by atoms with Gasteiger partial charge in [0.15, 0.2) is 0 Å². The maximum absolute atomic E-state index is 12.6. The van der Waals surface area contributed by atoms with Gasteiger partial charge in [-0.15, -0.1) is 0 Å². The Labute approximate surface area is 153 Å². The number of nitrogens with two attached hydrogens (primary N) is 1. The smallest absolute Gasteiger partial charge is 0.255 e. The molecule has 1 aliphatic carbocycles. The molecular formula is C19H26ClN3O2. The van der Waals surface area contributed by atoms with Gasteiger partial charge in [-0.25, -0.2) is 0 Å². The number of benzene rings is 1. The second kappa shape index (κ2) is 8.19. The summed E-state index contributed by atoms with van der Waals surface area (Å²) in [6.07, 6.45) is 6.20. The fraction of sp³-hybridized carbons (Fsp3) is 0.579. The monoisotopic (exact) mass is 363 g/mol. The van der Waals surface area contributed by atoms with Crippen molar-refractivity contribution in [3.8, 4) is 0 Å². The molecule has 1 saturated carbocycles. The molecule has 1 aliphatic heterocycles. The number of hydrogen-bond acceptors (Lipinski definition) is 3. The molecule has 2 aliphatic rings. The molecule has 2 fully saturated rings. The molecule has 3 N–H and O–H groups in total. The zero-order valence-corrected chi connectivity index (χ0v) is 15.2. The number of amides is 2. The van der Waals surface area contributed by atoms with Gasteiger partial charge < -0.3 is 16.0 Å². The SMILES string of the molecule is NC[C@H]1CCC[C@H]1C(=O)Nc1ccc(C(=O)N2CCCCC2)c(Cl)c1. The maximum atomic E-state index is 12.6. The highest BCUT2D eigenvalue weighted by Crippen LogP contribution is 2.32. The van der Waals surface area contributed by atoms with Crippen LogP contribution in [0.2, 0.25) is 5.02 Å². The molecule has 0 aromatic heterocycles. The van der Waals surface area contributed by atoms with Crippen molar-refractivity contribution in [1.29, 1.82) is 0 Å². The first-order chi connectivity index (χ1) is 12.1. The van der Waals surface area contributed by atoms with Crippen molar-refractivity contribution in [2.75, 3.05) is 25.0 Å². The number of nitrogens with zero attached hydrogens (tertiary/aromatic N) is 1. The molecule has 6 heteroatoms. The number of carbonyl (C=O) groups is 2. The van der Waals surface area contributed by atoms with Crippen LogP contribution in [0.15, 0.2) is 18.2 Å². The fourth-order valence-corrected chi connectivity index (χ4v) is 4.19. The van der Waals surface area contributed by atoms with E-state index in [1.54, 1.807) is 18.2 Å². The molecule has 1 saturated heterocycles. The largest absolute Gasteiger partial charge is 0.339 e. The van der Waals surface area contributed by atoms with Gasteiger partial charge in [-0.2, -0.15) is 0 Å². The standard InChI is InChI=1S/C19H26ClN3O2/c20-17-11-14(22-18(24)15-6-4-5-13(15)12-21)7-8-16(17)19(25)23-9-2-1-3-10-23/h7-8,11,13,15H,1-6,9-10,12,21H2,(H,22,24)/t13-,15-/m1/s1. The number of piperidine rings is 1. The minimum absolute atomic E-state index is 0.000811. The first-order valence-electron chi connectivity index (χ1n) is 9.20. The molecule has 1 aromatic rings. The molecule has 3 rings (SSSR count). The molecule has 1 aromatic carbocycles. The van der Waals surface area contributed by atoms with E-state index < -0.39 is 0 Å². The summed E-state index contributed by atoms with van der Waals surface area (Å²) in [6.45, 7) is 2.12. The second-order valence-electron chi connectivity index (χ2n) is 7.07. The predicted molar refractivity (Wildman–Crippen MR) is 99.7 cm³/mol. The summed E-state index contributed by atoms with van der Waals surface area (Å²) < 4.78 is 0. The zero-order chi connectivity index (χ0) is 17.8. The van der Waals surface area contributed by atoms with Gasteiger partial charge in [0.05, 0.1) is 10.6 Å². The average Bonchev–Trinajstić information content (AvgIpc) is 3.11. The van der Waals surface area contributed by atoms with Crippen molar-refractivity contribution in [3.05, 3.63) is 28.8 Å². The maximum Gasteiger partial charge on any atom is 0.255 e. The van der Waals surface area contributed by atoms with Gasteiger partial charge in [0.2, 0.25) is 5.91 Å². The van der Waals surface area contributed by atoms with Crippen LogP contribution in [0, 0.1) is 11.8 Å². The van der Waals surface area contributed by atoms with Gasteiger partial charge in [-0.05, 0) is 62.8 Å². The Bertz CT molecular complexity index is 644. The van der Waals surface area contributed by atoms with Gasteiger partial charge in [0.25, 0.3) is 5.91 Å². The lowest BCUT2D eigenvalue weighted by Gasteiger charge is -2.27. The molecule has 0 bridgehead atoms. The molecule has 1 heterocycles. The molecular weight excluding hydrogens is 338 g/mol. The van der Waals surface area contributed by atoms with Crippen molar-refractivity contribution in [2.24, 2.45) is 17.6 Å². The van der Waals surface area contributed by atoms with Crippen LogP contribution >= 0.6 is 11.6 Å². The Morgan fingerprint density at radius 3 is 2.60 bits per heavy atom. The van der Waals surface area contributed by atoms with Crippen LogP contribution in [0.5, 0.6) is 0 Å². The van der Waals surface area contributed by atoms with Crippen molar-refractivity contribution < 1.29 is 9.59 Å². The van der Waals surface area contributed by atoms with Crippen molar-refractivity contribution in [3.63, 3.8) is 0 Å². The third kappa shape index (κ3) is 4.15. The van der Waals surface area contributed by atoms with Crippen molar-refractivity contribution >= 4 is 29.1 Å². The highest BCUT2D eigenvalue weighted by molar-refractivity contribution is 6.34. The topological polar surface area (TPSA) is 75.4 Å². The summed E-state index contributed by atoms with van der Waals surface area (Å²) in [5.74, 6) is 0.203. The summed E-state index contributed by atoms with van der Waals surface area (Å²) in [5, 5.41) is 3.32. The van der Waals surface area contributed by atoms with Crippen LogP contribution in [0.4, 0.5) is 5.69 Å². The quantitative estimate of drug-likeness (QED) is 0.861. The molecule has 0 radical (unpaired) electrons. The summed E-state index contributed by atoms with van der Waals surface area (Å²) in [5.41, 5.74) is 6.89. The lowest BCUT2D eigenvalue weighted by atomic mass is 9.95. The summed E-state index contributed by atoms with van der Waals surface area (Å²) >= 11 is 6.32. The van der Waals surface area contributed by atoms with Gasteiger partial charge in [-0.1, -0.05) is 18.0 Å². The summed E-state index contributed by atoms with van der Waals surface area (Å²) in [7, 11) is 0. The van der Waals surface area contributed by atoms with Crippen LogP contribution in [-0.2, 0) is 4.79 Å². The number of likely N-dealkylation sites (tertiary alicyclic amines) is 1. The molecule has 5 nitrogen and oxygen atoms in total. The van der Waals surface area contributed by atoms with Crippen molar-refractivity contribution in [2.45, 2.75) is 38.5 Å². The van der Waals surface area contributed by atoms with E-state index in [2.05, 4.69) is 5.32 Å². The van der Waals surface area contributed by atoms with E-state index in [1.165, 1.54) is 6.42 Å². The van der Waals surface area contributed by atoms with Gasteiger partial charge >= 0.3 is 0 Å². The lowest BCUT2D eigenvalue weighted by molar-refractivity contribution is -0.120.